The number of anilines is 2. The van der Waals surface area contributed by atoms with Crippen molar-refractivity contribution in [2.24, 2.45) is 0 Å². The smallest absolute Gasteiger partial charge is 0.303 e. The van der Waals surface area contributed by atoms with Crippen LogP contribution in [0.15, 0.2) is 24.3 Å². The average Bonchev–Trinajstić information content (AvgIpc) is 2.79. The molecule has 2 aliphatic rings. The van der Waals surface area contributed by atoms with E-state index in [2.05, 4.69) is 5.32 Å². The van der Waals surface area contributed by atoms with Gasteiger partial charge in [0.15, 0.2) is 23.3 Å². The Balaban J connectivity index is 1.65. The van der Waals surface area contributed by atoms with Crippen LogP contribution in [-0.4, -0.2) is 49.2 Å². The third kappa shape index (κ3) is 5.61. The lowest BCUT2D eigenvalue weighted by Crippen LogP contribution is -2.62. The van der Waals surface area contributed by atoms with Crippen LogP contribution in [0.4, 0.5) is 24.5 Å². The Morgan fingerprint density at radius 2 is 1.81 bits per heavy atom. The first-order valence-electron chi connectivity index (χ1n) is 11.5. The summed E-state index contributed by atoms with van der Waals surface area (Å²) < 4.78 is 60.7. The van der Waals surface area contributed by atoms with Gasteiger partial charge in [0.1, 0.15) is 23.9 Å². The maximum atomic E-state index is 14.6. The van der Waals surface area contributed by atoms with Crippen LogP contribution in [0.3, 0.4) is 0 Å². The summed E-state index contributed by atoms with van der Waals surface area (Å²) in [5, 5.41) is 2.37. The first-order valence-corrected chi connectivity index (χ1v) is 11.9. The maximum absolute atomic E-state index is 14.6. The van der Waals surface area contributed by atoms with E-state index in [-0.39, 0.29) is 67.0 Å². The van der Waals surface area contributed by atoms with E-state index in [9.17, 15) is 27.6 Å². The summed E-state index contributed by atoms with van der Waals surface area (Å²) in [6, 6.07) is 4.46. The van der Waals surface area contributed by atoms with E-state index in [1.165, 1.54) is 17.9 Å². The summed E-state index contributed by atoms with van der Waals surface area (Å²) in [7, 11) is 0. The topological polar surface area (TPSA) is 94.2 Å². The predicted octanol–water partition coefficient (Wildman–Crippen LogP) is 4.16. The molecule has 0 spiro atoms. The van der Waals surface area contributed by atoms with Gasteiger partial charge < -0.3 is 24.4 Å². The molecule has 4 rings (SSSR count). The van der Waals surface area contributed by atoms with E-state index in [1.54, 1.807) is 0 Å². The van der Waals surface area contributed by atoms with Gasteiger partial charge in [-0.15, -0.1) is 0 Å². The number of benzene rings is 2. The summed E-state index contributed by atoms with van der Waals surface area (Å²) >= 11 is 5.74. The molecule has 37 heavy (non-hydrogen) atoms. The zero-order chi connectivity index (χ0) is 26.9. The van der Waals surface area contributed by atoms with Crippen LogP contribution in [0.1, 0.15) is 32.3 Å². The molecular weight excluding hydrogens is 517 g/mol. The molecule has 1 fully saturated rings. The Bertz CT molecular complexity index is 1240. The highest BCUT2D eigenvalue weighted by molar-refractivity contribution is 6.30. The monoisotopic (exact) mass is 540 g/mol. The third-order valence-electron chi connectivity index (χ3n) is 6.29. The molecule has 8 nitrogen and oxygen atoms in total. The Labute approximate surface area is 215 Å². The Morgan fingerprint density at radius 3 is 2.46 bits per heavy atom. The largest absolute Gasteiger partial charge is 0.489 e. The standard InChI is InChI=1S/C25H24ClF3N2O6/c1-13(32)36-21-11-31(24-18(28)9-15(26)10-19(24)29)8-7-25(21,37-14(2)33)12-35-20-5-4-17(27)23-16(20)3-6-22(34)30-23/h4-5,9-10,21H,3,6-8,11-12H2,1-2H3,(H,30,34)/t21-,25-/m1/s1. The van der Waals surface area contributed by atoms with Crippen molar-refractivity contribution in [1.29, 1.82) is 0 Å². The highest BCUT2D eigenvalue weighted by Crippen LogP contribution is 2.38. The lowest BCUT2D eigenvalue weighted by atomic mass is 9.88. The van der Waals surface area contributed by atoms with E-state index < -0.39 is 41.1 Å². The maximum Gasteiger partial charge on any atom is 0.303 e. The SMILES string of the molecule is CC(=O)O[C@@H]1CN(c2c(F)cc(Cl)cc2F)CC[C@]1(COc1ccc(F)c2c1CCC(=O)N2)OC(C)=O. The average molecular weight is 541 g/mol. The molecule has 2 aromatic carbocycles. The normalized spacial score (nSPS) is 21.1. The molecule has 2 heterocycles. The first kappa shape index (κ1) is 26.6. The summed E-state index contributed by atoms with van der Waals surface area (Å²) in [6.45, 7) is 1.81. The fourth-order valence-corrected chi connectivity index (χ4v) is 4.88. The fourth-order valence-electron chi connectivity index (χ4n) is 4.68. The van der Waals surface area contributed by atoms with Gasteiger partial charge in [0.05, 0.1) is 12.2 Å². The summed E-state index contributed by atoms with van der Waals surface area (Å²) in [4.78, 5) is 37.2. The summed E-state index contributed by atoms with van der Waals surface area (Å²) in [5.41, 5.74) is -1.44. The van der Waals surface area contributed by atoms with Gasteiger partial charge in [-0.1, -0.05) is 11.6 Å². The number of fused-ring (bicyclic) bond motifs is 1. The second-order valence-electron chi connectivity index (χ2n) is 8.91. The molecule has 198 valence electrons. The predicted molar refractivity (Wildman–Crippen MR) is 127 cm³/mol. The minimum Gasteiger partial charge on any atom is -0.489 e. The lowest BCUT2D eigenvalue weighted by molar-refractivity contribution is -0.192. The van der Waals surface area contributed by atoms with Gasteiger partial charge in [0, 0.05) is 43.8 Å². The van der Waals surface area contributed by atoms with Crippen LogP contribution in [0.25, 0.3) is 0 Å². The third-order valence-corrected chi connectivity index (χ3v) is 6.51. The number of ether oxygens (including phenoxy) is 3. The van der Waals surface area contributed by atoms with Crippen LogP contribution in [0.5, 0.6) is 5.75 Å². The zero-order valence-corrected chi connectivity index (χ0v) is 20.8. The number of hydrogen-bond donors (Lipinski definition) is 1. The molecule has 2 aromatic rings. The lowest BCUT2D eigenvalue weighted by Gasteiger charge is -2.46. The number of piperidine rings is 1. The highest BCUT2D eigenvalue weighted by atomic mass is 35.5. The van der Waals surface area contributed by atoms with Crippen LogP contribution < -0.4 is 15.0 Å². The molecule has 1 N–H and O–H groups in total. The first-order chi connectivity index (χ1) is 17.5. The van der Waals surface area contributed by atoms with Crippen molar-refractivity contribution < 1.29 is 41.8 Å². The number of amides is 1. The van der Waals surface area contributed by atoms with Gasteiger partial charge in [0.25, 0.3) is 0 Å². The van der Waals surface area contributed by atoms with Gasteiger partial charge in [-0.05, 0) is 30.7 Å². The number of nitrogens with one attached hydrogen (secondary N) is 1. The van der Waals surface area contributed by atoms with Crippen molar-refractivity contribution in [3.05, 3.63) is 52.3 Å². The molecule has 0 radical (unpaired) electrons. The van der Waals surface area contributed by atoms with Crippen LogP contribution >= 0.6 is 11.6 Å². The molecule has 0 aromatic heterocycles. The quantitative estimate of drug-likeness (QED) is 0.550. The zero-order valence-electron chi connectivity index (χ0n) is 20.0. The van der Waals surface area contributed by atoms with E-state index in [0.29, 0.717) is 5.56 Å². The minimum absolute atomic E-state index is 0.00957. The Morgan fingerprint density at radius 1 is 1.11 bits per heavy atom. The number of nitrogens with zero attached hydrogens (tertiary/aromatic N) is 1. The highest BCUT2D eigenvalue weighted by Gasteiger charge is 2.50. The number of carbonyl (C=O) groups is 3. The number of carbonyl (C=O) groups excluding carboxylic acids is 3. The van der Waals surface area contributed by atoms with Gasteiger partial charge in [0.2, 0.25) is 5.91 Å². The van der Waals surface area contributed by atoms with Gasteiger partial charge >= 0.3 is 11.9 Å². The summed E-state index contributed by atoms with van der Waals surface area (Å²) in [6.07, 6.45) is -0.837. The van der Waals surface area contributed by atoms with Crippen molar-refractivity contribution >= 4 is 40.8 Å². The molecule has 2 aliphatic heterocycles. The van der Waals surface area contributed by atoms with Gasteiger partial charge in [-0.25, -0.2) is 13.2 Å². The number of rotatable bonds is 6. The Kier molecular flexibility index (Phi) is 7.54. The fraction of sp³-hybridized carbons (Fsp3) is 0.400. The second-order valence-corrected chi connectivity index (χ2v) is 9.34. The number of esters is 2. The summed E-state index contributed by atoms with van der Waals surface area (Å²) in [5.74, 6) is -3.90. The van der Waals surface area contributed by atoms with Crippen molar-refractivity contribution in [2.75, 3.05) is 29.9 Å². The van der Waals surface area contributed by atoms with E-state index in [1.807, 2.05) is 0 Å². The van der Waals surface area contributed by atoms with Crippen LogP contribution in [0.2, 0.25) is 5.02 Å². The van der Waals surface area contributed by atoms with Crippen LogP contribution in [0, 0.1) is 17.5 Å². The van der Waals surface area contributed by atoms with Gasteiger partial charge in [-0.2, -0.15) is 0 Å². The van der Waals surface area contributed by atoms with Crippen molar-refractivity contribution in [3.8, 4) is 5.75 Å². The molecule has 0 aliphatic carbocycles. The molecule has 0 saturated carbocycles. The molecule has 12 heteroatoms. The van der Waals surface area contributed by atoms with E-state index in [4.69, 9.17) is 25.8 Å². The molecule has 2 atom stereocenters. The minimum atomic E-state index is -1.52. The van der Waals surface area contributed by atoms with E-state index in [0.717, 1.165) is 25.1 Å². The Hall–Kier alpha value is -3.47. The van der Waals surface area contributed by atoms with E-state index >= 15 is 0 Å². The number of hydrogen-bond acceptors (Lipinski definition) is 7. The van der Waals surface area contributed by atoms with Crippen LogP contribution in [-0.2, 0) is 30.3 Å². The van der Waals surface area contributed by atoms with Gasteiger partial charge in [-0.3, -0.25) is 14.4 Å². The van der Waals surface area contributed by atoms with Crippen molar-refractivity contribution in [2.45, 2.75) is 44.8 Å². The number of halogens is 4. The second kappa shape index (κ2) is 10.5. The molecule has 0 unspecified atom stereocenters. The molecule has 1 saturated heterocycles. The van der Waals surface area contributed by atoms with Crippen molar-refractivity contribution in [1.82, 2.24) is 0 Å². The molecular formula is C25H24ClF3N2O6. The molecule has 1 amide bonds. The van der Waals surface area contributed by atoms with Crippen molar-refractivity contribution in [3.63, 3.8) is 0 Å². The molecule has 0 bridgehead atoms.